The third-order valence-corrected chi connectivity index (χ3v) is 2.41. The maximum absolute atomic E-state index is 10.7. The van der Waals surface area contributed by atoms with Gasteiger partial charge >= 0.3 is 0 Å². The summed E-state index contributed by atoms with van der Waals surface area (Å²) >= 11 is 0. The molecule has 3 heteroatoms. The number of rotatable bonds is 2. The van der Waals surface area contributed by atoms with Crippen LogP contribution in [0.4, 0.5) is 0 Å². The van der Waals surface area contributed by atoms with E-state index in [-0.39, 0.29) is 11.8 Å². The molecule has 1 fully saturated rings. The van der Waals surface area contributed by atoms with Crippen LogP contribution in [0.3, 0.4) is 0 Å². The molecule has 3 atom stereocenters. The molecule has 1 heterocycles. The summed E-state index contributed by atoms with van der Waals surface area (Å²) in [4.78, 5) is 10.7. The van der Waals surface area contributed by atoms with Gasteiger partial charge in [0.05, 0.1) is 0 Å². The SMILES string of the molecule is CC1NCC1C(C)C(N)=O. The van der Waals surface area contributed by atoms with Gasteiger partial charge in [0.25, 0.3) is 0 Å². The predicted molar refractivity (Wildman–Crippen MR) is 39.3 cm³/mol. The zero-order valence-electron chi connectivity index (χ0n) is 6.42. The standard InChI is InChI=1S/C7H14N2O/c1-4(7(8)10)6-3-9-5(6)2/h4-6,9H,3H2,1-2H3,(H2,8,10). The lowest BCUT2D eigenvalue weighted by atomic mass is 9.82. The maximum Gasteiger partial charge on any atom is 0.220 e. The van der Waals surface area contributed by atoms with Gasteiger partial charge in [0.1, 0.15) is 0 Å². The van der Waals surface area contributed by atoms with E-state index in [1.807, 2.05) is 6.92 Å². The van der Waals surface area contributed by atoms with Crippen LogP contribution in [-0.2, 0) is 4.79 Å². The number of carbonyl (C=O) groups is 1. The molecule has 3 unspecified atom stereocenters. The predicted octanol–water partition coefficient (Wildman–Crippen LogP) is -0.284. The first kappa shape index (κ1) is 7.54. The lowest BCUT2D eigenvalue weighted by Gasteiger charge is -2.38. The Bertz CT molecular complexity index is 147. The molecule has 0 aromatic heterocycles. The Morgan fingerprint density at radius 2 is 2.40 bits per heavy atom. The number of primary amides is 1. The van der Waals surface area contributed by atoms with Gasteiger partial charge in [-0.25, -0.2) is 0 Å². The molecule has 1 rings (SSSR count). The van der Waals surface area contributed by atoms with Crippen LogP contribution < -0.4 is 11.1 Å². The smallest absolute Gasteiger partial charge is 0.220 e. The van der Waals surface area contributed by atoms with Crippen LogP contribution in [0.1, 0.15) is 13.8 Å². The van der Waals surface area contributed by atoms with Gasteiger partial charge in [0.15, 0.2) is 0 Å². The summed E-state index contributed by atoms with van der Waals surface area (Å²) in [6, 6.07) is 0.461. The van der Waals surface area contributed by atoms with Gasteiger partial charge in [-0.1, -0.05) is 6.92 Å². The fourth-order valence-corrected chi connectivity index (χ4v) is 1.31. The molecular formula is C7H14N2O. The lowest BCUT2D eigenvalue weighted by molar-refractivity contribution is -0.124. The normalized spacial score (nSPS) is 34.6. The van der Waals surface area contributed by atoms with Crippen LogP contribution in [0.2, 0.25) is 0 Å². The molecule has 1 aliphatic heterocycles. The quantitative estimate of drug-likeness (QED) is 0.557. The molecule has 0 radical (unpaired) electrons. The van der Waals surface area contributed by atoms with Crippen molar-refractivity contribution in [2.75, 3.05) is 6.54 Å². The van der Waals surface area contributed by atoms with Gasteiger partial charge < -0.3 is 11.1 Å². The summed E-state index contributed by atoms with van der Waals surface area (Å²) in [5.74, 6) is 0.298. The van der Waals surface area contributed by atoms with Gasteiger partial charge in [0, 0.05) is 18.5 Å². The highest BCUT2D eigenvalue weighted by Gasteiger charge is 2.33. The minimum absolute atomic E-state index is 0.0243. The van der Waals surface area contributed by atoms with Crippen molar-refractivity contribution in [3.8, 4) is 0 Å². The fraction of sp³-hybridized carbons (Fsp3) is 0.857. The molecule has 0 aromatic carbocycles. The Labute approximate surface area is 61.0 Å². The molecule has 0 aliphatic carbocycles. The fourth-order valence-electron chi connectivity index (χ4n) is 1.31. The largest absolute Gasteiger partial charge is 0.369 e. The van der Waals surface area contributed by atoms with Crippen LogP contribution in [0.25, 0.3) is 0 Å². The number of hydrogen-bond acceptors (Lipinski definition) is 2. The average Bonchev–Trinajstić information content (AvgIpc) is 1.84. The zero-order chi connectivity index (χ0) is 7.72. The van der Waals surface area contributed by atoms with Crippen LogP contribution in [0.15, 0.2) is 0 Å². The van der Waals surface area contributed by atoms with Gasteiger partial charge in [-0.2, -0.15) is 0 Å². The third-order valence-electron chi connectivity index (χ3n) is 2.41. The summed E-state index contributed by atoms with van der Waals surface area (Å²) in [5, 5.41) is 3.19. The Balaban J connectivity index is 2.41. The highest BCUT2D eigenvalue weighted by atomic mass is 16.1. The van der Waals surface area contributed by atoms with Crippen molar-refractivity contribution < 1.29 is 4.79 Å². The van der Waals surface area contributed by atoms with E-state index >= 15 is 0 Å². The van der Waals surface area contributed by atoms with Crippen molar-refractivity contribution in [2.24, 2.45) is 17.6 Å². The van der Waals surface area contributed by atoms with E-state index in [4.69, 9.17) is 5.73 Å². The first-order valence-electron chi connectivity index (χ1n) is 3.65. The van der Waals surface area contributed by atoms with Crippen molar-refractivity contribution in [3.63, 3.8) is 0 Å². The zero-order valence-corrected chi connectivity index (χ0v) is 6.42. The van der Waals surface area contributed by atoms with E-state index in [0.717, 1.165) is 6.54 Å². The number of nitrogens with two attached hydrogens (primary N) is 1. The van der Waals surface area contributed by atoms with E-state index in [9.17, 15) is 4.79 Å². The summed E-state index contributed by atoms with van der Waals surface area (Å²) in [5.41, 5.74) is 5.14. The Kier molecular flexibility index (Phi) is 1.94. The monoisotopic (exact) mass is 142 g/mol. The molecule has 3 N–H and O–H groups in total. The average molecular weight is 142 g/mol. The molecular weight excluding hydrogens is 128 g/mol. The first-order valence-corrected chi connectivity index (χ1v) is 3.65. The molecule has 1 amide bonds. The van der Waals surface area contributed by atoms with Crippen molar-refractivity contribution in [1.82, 2.24) is 5.32 Å². The second kappa shape index (κ2) is 2.58. The van der Waals surface area contributed by atoms with Crippen molar-refractivity contribution >= 4 is 5.91 Å². The Morgan fingerprint density at radius 1 is 1.80 bits per heavy atom. The van der Waals surface area contributed by atoms with E-state index in [2.05, 4.69) is 12.2 Å². The second-order valence-electron chi connectivity index (χ2n) is 3.05. The Hall–Kier alpha value is -0.570. The number of carbonyl (C=O) groups excluding carboxylic acids is 1. The van der Waals surface area contributed by atoms with Crippen molar-refractivity contribution in [3.05, 3.63) is 0 Å². The molecule has 0 saturated carbocycles. The summed E-state index contributed by atoms with van der Waals surface area (Å²) in [6.45, 7) is 4.91. The summed E-state index contributed by atoms with van der Waals surface area (Å²) < 4.78 is 0. The molecule has 1 aliphatic rings. The molecule has 3 nitrogen and oxygen atoms in total. The number of amides is 1. The van der Waals surface area contributed by atoms with Gasteiger partial charge in [-0.3, -0.25) is 4.79 Å². The van der Waals surface area contributed by atoms with E-state index in [1.165, 1.54) is 0 Å². The molecule has 0 spiro atoms. The first-order chi connectivity index (χ1) is 4.63. The van der Waals surface area contributed by atoms with Crippen LogP contribution in [0.5, 0.6) is 0 Å². The molecule has 58 valence electrons. The van der Waals surface area contributed by atoms with E-state index in [1.54, 1.807) is 0 Å². The summed E-state index contributed by atoms with van der Waals surface area (Å²) in [6.07, 6.45) is 0. The van der Waals surface area contributed by atoms with Crippen molar-refractivity contribution in [1.29, 1.82) is 0 Å². The highest BCUT2D eigenvalue weighted by Crippen LogP contribution is 2.21. The minimum Gasteiger partial charge on any atom is -0.369 e. The van der Waals surface area contributed by atoms with Crippen molar-refractivity contribution in [2.45, 2.75) is 19.9 Å². The van der Waals surface area contributed by atoms with E-state index < -0.39 is 0 Å². The van der Waals surface area contributed by atoms with Gasteiger partial charge in [0.2, 0.25) is 5.91 Å². The number of nitrogens with one attached hydrogen (secondary N) is 1. The van der Waals surface area contributed by atoms with Gasteiger partial charge in [-0.15, -0.1) is 0 Å². The van der Waals surface area contributed by atoms with E-state index in [0.29, 0.717) is 12.0 Å². The highest BCUT2D eigenvalue weighted by molar-refractivity contribution is 5.76. The Morgan fingerprint density at radius 3 is 2.50 bits per heavy atom. The van der Waals surface area contributed by atoms with Crippen LogP contribution >= 0.6 is 0 Å². The molecule has 1 saturated heterocycles. The molecule has 0 bridgehead atoms. The summed E-state index contributed by atoms with van der Waals surface area (Å²) in [7, 11) is 0. The van der Waals surface area contributed by atoms with Gasteiger partial charge in [-0.05, 0) is 12.8 Å². The second-order valence-corrected chi connectivity index (χ2v) is 3.05. The molecule has 0 aromatic rings. The number of hydrogen-bond donors (Lipinski definition) is 2. The molecule has 10 heavy (non-hydrogen) atoms. The minimum atomic E-state index is -0.182. The third kappa shape index (κ3) is 1.14. The topological polar surface area (TPSA) is 55.1 Å². The maximum atomic E-state index is 10.7. The lowest BCUT2D eigenvalue weighted by Crippen LogP contribution is -2.55. The van der Waals surface area contributed by atoms with Crippen LogP contribution in [0, 0.1) is 11.8 Å². The van der Waals surface area contributed by atoms with Crippen LogP contribution in [-0.4, -0.2) is 18.5 Å².